The smallest absolute Gasteiger partial charge is 0.147 e. The van der Waals surface area contributed by atoms with Crippen molar-refractivity contribution in [3.05, 3.63) is 57.0 Å². The first-order valence-corrected chi connectivity index (χ1v) is 8.88. The van der Waals surface area contributed by atoms with Gasteiger partial charge in [0.25, 0.3) is 0 Å². The predicted octanol–water partition coefficient (Wildman–Crippen LogP) is 5.12. The Hall–Kier alpha value is -0.780. The molecule has 0 heterocycles. The second-order valence-electron chi connectivity index (χ2n) is 4.42. The molecule has 0 aliphatic rings. The van der Waals surface area contributed by atoms with Gasteiger partial charge in [-0.3, -0.25) is 4.79 Å². The molecule has 21 heavy (non-hydrogen) atoms. The third kappa shape index (κ3) is 5.16. The van der Waals surface area contributed by atoms with Crippen molar-refractivity contribution < 1.29 is 9.53 Å². The molecule has 0 unspecified atom stereocenters. The average molecular weight is 430 g/mol. The van der Waals surface area contributed by atoms with Gasteiger partial charge >= 0.3 is 0 Å². The molecule has 2 rings (SSSR count). The Balaban J connectivity index is 1.97. The van der Waals surface area contributed by atoms with Crippen LogP contribution < -0.4 is 4.74 Å². The average Bonchev–Trinajstić information content (AvgIpc) is 2.45. The Kier molecular flexibility index (Phi) is 6.33. The normalized spacial score (nSPS) is 10.4. The second-order valence-corrected chi connectivity index (χ2v) is 7.30. The minimum absolute atomic E-state index is 0.177. The maximum atomic E-state index is 12.1. The van der Waals surface area contributed by atoms with E-state index in [1.807, 2.05) is 42.5 Å². The molecule has 110 valence electrons. The third-order valence-corrected chi connectivity index (χ3v) is 4.87. The molecule has 2 aromatic carbocycles. The lowest BCUT2D eigenvalue weighted by molar-refractivity contribution is -0.116. The van der Waals surface area contributed by atoms with Gasteiger partial charge in [-0.15, -0.1) is 11.8 Å². The van der Waals surface area contributed by atoms with Crippen LogP contribution in [0.15, 0.2) is 56.3 Å². The quantitative estimate of drug-likeness (QED) is 0.595. The Morgan fingerprint density at radius 2 is 1.90 bits per heavy atom. The largest absolute Gasteiger partial charge is 0.496 e. The van der Waals surface area contributed by atoms with Gasteiger partial charge in [0.2, 0.25) is 0 Å². The fraction of sp³-hybridized carbons (Fsp3) is 0.188. The van der Waals surface area contributed by atoms with Gasteiger partial charge in [-0.25, -0.2) is 0 Å². The highest BCUT2D eigenvalue weighted by molar-refractivity contribution is 9.10. The first-order valence-electron chi connectivity index (χ1n) is 6.31. The highest BCUT2D eigenvalue weighted by Crippen LogP contribution is 2.25. The molecule has 0 atom stereocenters. The number of benzene rings is 2. The number of carbonyl (C=O) groups is 1. The van der Waals surface area contributed by atoms with Gasteiger partial charge in [-0.2, -0.15) is 0 Å². The molecule has 2 nitrogen and oxygen atoms in total. The van der Waals surface area contributed by atoms with Gasteiger partial charge in [0, 0.05) is 25.8 Å². The summed E-state index contributed by atoms with van der Waals surface area (Å²) in [5.74, 6) is 1.38. The Morgan fingerprint density at radius 1 is 1.14 bits per heavy atom. The molecule has 0 spiro atoms. The fourth-order valence-corrected chi connectivity index (χ4v) is 3.64. The van der Waals surface area contributed by atoms with Crippen LogP contribution in [-0.4, -0.2) is 18.6 Å². The summed E-state index contributed by atoms with van der Waals surface area (Å²) in [6.07, 6.45) is 0.379. The summed E-state index contributed by atoms with van der Waals surface area (Å²) in [7, 11) is 1.62. The van der Waals surface area contributed by atoms with Crippen LogP contribution in [0, 0.1) is 0 Å². The number of rotatable bonds is 6. The zero-order valence-corrected chi connectivity index (χ0v) is 15.4. The van der Waals surface area contributed by atoms with Crippen molar-refractivity contribution in [2.24, 2.45) is 0 Å². The lowest BCUT2D eigenvalue weighted by Crippen LogP contribution is -2.07. The number of ketones is 1. The van der Waals surface area contributed by atoms with E-state index < -0.39 is 0 Å². The van der Waals surface area contributed by atoms with Crippen molar-refractivity contribution in [3.63, 3.8) is 0 Å². The van der Waals surface area contributed by atoms with Gasteiger partial charge in [-0.1, -0.05) is 37.9 Å². The number of Topliss-reactive ketones (excluding diaryl/α,β-unsaturated/α-hetero) is 1. The minimum Gasteiger partial charge on any atom is -0.496 e. The van der Waals surface area contributed by atoms with Crippen molar-refractivity contribution in [1.82, 2.24) is 0 Å². The summed E-state index contributed by atoms with van der Waals surface area (Å²) < 4.78 is 7.27. The number of halogens is 2. The molecule has 0 aromatic heterocycles. The minimum atomic E-state index is 0.177. The lowest BCUT2D eigenvalue weighted by Gasteiger charge is -2.08. The molecule has 0 amide bonds. The molecule has 0 bridgehead atoms. The number of hydrogen-bond donors (Lipinski definition) is 0. The third-order valence-electron chi connectivity index (χ3n) is 2.83. The summed E-state index contributed by atoms with van der Waals surface area (Å²) in [5.41, 5.74) is 0.909. The summed E-state index contributed by atoms with van der Waals surface area (Å²) in [6.45, 7) is 0. The van der Waals surface area contributed by atoms with E-state index in [1.54, 1.807) is 18.9 Å². The summed E-state index contributed by atoms with van der Waals surface area (Å²) in [6, 6.07) is 13.7. The predicted molar refractivity (Wildman–Crippen MR) is 94.3 cm³/mol. The molecular weight excluding hydrogens is 416 g/mol. The summed E-state index contributed by atoms with van der Waals surface area (Å²) in [4.78, 5) is 13.2. The standard InChI is InChI=1S/C16H14Br2O2S/c1-20-16-6-5-13(18)7-11(16)8-14(19)10-21-15-4-2-3-12(17)9-15/h2-7,9H,8,10H2,1H3. The Morgan fingerprint density at radius 3 is 2.62 bits per heavy atom. The van der Waals surface area contributed by atoms with Crippen molar-refractivity contribution in [2.75, 3.05) is 12.9 Å². The van der Waals surface area contributed by atoms with Crippen molar-refractivity contribution in [2.45, 2.75) is 11.3 Å². The first kappa shape index (κ1) is 16.6. The summed E-state index contributed by atoms with van der Waals surface area (Å²) >= 11 is 8.40. The summed E-state index contributed by atoms with van der Waals surface area (Å²) in [5, 5.41) is 0. The van der Waals surface area contributed by atoms with Crippen LogP contribution >= 0.6 is 43.6 Å². The van der Waals surface area contributed by atoms with Crippen molar-refractivity contribution in [1.29, 1.82) is 0 Å². The Bertz CT molecular complexity index is 644. The van der Waals surface area contributed by atoms with Crippen LogP contribution in [0.2, 0.25) is 0 Å². The van der Waals surface area contributed by atoms with Crippen LogP contribution in [0.4, 0.5) is 0 Å². The van der Waals surface area contributed by atoms with Gasteiger partial charge in [-0.05, 0) is 36.4 Å². The van der Waals surface area contributed by atoms with E-state index in [0.29, 0.717) is 12.2 Å². The maximum Gasteiger partial charge on any atom is 0.147 e. The number of methoxy groups -OCH3 is 1. The first-order chi connectivity index (χ1) is 10.1. The number of thioether (sulfide) groups is 1. The van der Waals surface area contributed by atoms with E-state index in [0.717, 1.165) is 25.2 Å². The lowest BCUT2D eigenvalue weighted by atomic mass is 10.1. The SMILES string of the molecule is COc1ccc(Br)cc1CC(=O)CSc1cccc(Br)c1. The van der Waals surface area contributed by atoms with E-state index in [2.05, 4.69) is 31.9 Å². The monoisotopic (exact) mass is 428 g/mol. The molecule has 0 radical (unpaired) electrons. The van der Waals surface area contributed by atoms with E-state index in [4.69, 9.17) is 4.74 Å². The van der Waals surface area contributed by atoms with E-state index in [9.17, 15) is 4.79 Å². The van der Waals surface area contributed by atoms with Crippen LogP contribution in [0.1, 0.15) is 5.56 Å². The number of hydrogen-bond acceptors (Lipinski definition) is 3. The Labute approximate surface area is 145 Å². The molecule has 0 saturated carbocycles. The zero-order chi connectivity index (χ0) is 15.2. The van der Waals surface area contributed by atoms with Gasteiger partial charge < -0.3 is 4.74 Å². The highest BCUT2D eigenvalue weighted by Gasteiger charge is 2.10. The fourth-order valence-electron chi connectivity index (χ4n) is 1.87. The van der Waals surface area contributed by atoms with E-state index in [-0.39, 0.29) is 5.78 Å². The highest BCUT2D eigenvalue weighted by atomic mass is 79.9. The van der Waals surface area contributed by atoms with E-state index >= 15 is 0 Å². The van der Waals surface area contributed by atoms with Crippen molar-refractivity contribution >= 4 is 49.4 Å². The molecule has 0 saturated heterocycles. The molecule has 0 aliphatic heterocycles. The zero-order valence-electron chi connectivity index (χ0n) is 11.4. The van der Waals surface area contributed by atoms with Gasteiger partial charge in [0.15, 0.2) is 0 Å². The van der Waals surface area contributed by atoms with Crippen LogP contribution in [-0.2, 0) is 11.2 Å². The molecule has 0 N–H and O–H groups in total. The molecular formula is C16H14Br2O2S. The number of ether oxygens (including phenoxy) is 1. The van der Waals surface area contributed by atoms with E-state index in [1.165, 1.54) is 0 Å². The molecule has 0 fully saturated rings. The molecule has 2 aromatic rings. The van der Waals surface area contributed by atoms with Crippen LogP contribution in [0.3, 0.4) is 0 Å². The molecule has 0 aliphatic carbocycles. The number of carbonyl (C=O) groups excluding carboxylic acids is 1. The van der Waals surface area contributed by atoms with Crippen LogP contribution in [0.5, 0.6) is 5.75 Å². The maximum absolute atomic E-state index is 12.1. The second kappa shape index (κ2) is 8.01. The van der Waals surface area contributed by atoms with Crippen molar-refractivity contribution in [3.8, 4) is 5.75 Å². The van der Waals surface area contributed by atoms with Gasteiger partial charge in [0.1, 0.15) is 11.5 Å². The van der Waals surface area contributed by atoms with Gasteiger partial charge in [0.05, 0.1) is 12.9 Å². The van der Waals surface area contributed by atoms with Crippen LogP contribution in [0.25, 0.3) is 0 Å². The molecule has 5 heteroatoms. The topological polar surface area (TPSA) is 26.3 Å².